The second kappa shape index (κ2) is 6.63. The van der Waals surface area contributed by atoms with Crippen LogP contribution < -0.4 is 4.74 Å². The van der Waals surface area contributed by atoms with Crippen LogP contribution in [0.2, 0.25) is 0 Å². The lowest BCUT2D eigenvalue weighted by atomic mass is 10.1. The van der Waals surface area contributed by atoms with Gasteiger partial charge in [0.15, 0.2) is 0 Å². The van der Waals surface area contributed by atoms with Crippen molar-refractivity contribution in [2.45, 2.75) is 6.42 Å². The van der Waals surface area contributed by atoms with E-state index in [-0.39, 0.29) is 0 Å². The number of ether oxygens (including phenoxy) is 2. The molecule has 0 unspecified atom stereocenters. The van der Waals surface area contributed by atoms with Crippen LogP contribution in [0.25, 0.3) is 0 Å². The van der Waals surface area contributed by atoms with Crippen LogP contribution >= 0.6 is 0 Å². The normalized spacial score (nSPS) is 10.6. The number of hydrogen-bond donors (Lipinski definition) is 1. The van der Waals surface area contributed by atoms with E-state index in [1.54, 1.807) is 19.2 Å². The van der Waals surface area contributed by atoms with Crippen molar-refractivity contribution < 1.29 is 19.4 Å². The van der Waals surface area contributed by atoms with Gasteiger partial charge in [0, 0.05) is 7.11 Å². The highest BCUT2D eigenvalue weighted by Crippen LogP contribution is 2.12. The Hall–Kier alpha value is -1.81. The van der Waals surface area contributed by atoms with E-state index in [2.05, 4.69) is 0 Å². The van der Waals surface area contributed by atoms with Gasteiger partial charge in [0.25, 0.3) is 0 Å². The minimum absolute atomic E-state index is 0.610. The number of carboxylic acids is 1. The average molecular weight is 222 g/mol. The smallest absolute Gasteiger partial charge is 0.331 e. The number of methoxy groups -OCH3 is 1. The molecule has 86 valence electrons. The first-order valence-electron chi connectivity index (χ1n) is 4.86. The van der Waals surface area contributed by atoms with Crippen molar-refractivity contribution in [1.82, 2.24) is 0 Å². The lowest BCUT2D eigenvalue weighted by molar-refractivity contribution is -0.131. The molecule has 0 saturated carbocycles. The molecule has 0 aromatic heterocycles. The van der Waals surface area contributed by atoms with Crippen molar-refractivity contribution in [3.63, 3.8) is 0 Å². The molecule has 0 atom stereocenters. The fourth-order valence-electron chi connectivity index (χ4n) is 1.13. The van der Waals surface area contributed by atoms with Crippen molar-refractivity contribution in [2.24, 2.45) is 0 Å². The van der Waals surface area contributed by atoms with E-state index in [1.807, 2.05) is 12.1 Å². The van der Waals surface area contributed by atoms with Gasteiger partial charge in [-0.05, 0) is 24.1 Å². The van der Waals surface area contributed by atoms with Crippen LogP contribution in [-0.2, 0) is 16.0 Å². The molecule has 0 fully saturated rings. The molecule has 0 bridgehead atoms. The van der Waals surface area contributed by atoms with E-state index in [1.165, 1.54) is 0 Å². The molecule has 0 aliphatic carbocycles. The van der Waals surface area contributed by atoms with E-state index in [0.29, 0.717) is 12.4 Å². The maximum absolute atomic E-state index is 10.2. The minimum atomic E-state index is -1.03. The standard InChI is InChI=1S/C12H14O4/c1-15-8-6-10-2-4-11(5-3-10)16-9-7-12(13)14/h2-5,7,9H,6,8H2,1H3,(H,13,14). The van der Waals surface area contributed by atoms with Crippen LogP contribution in [-0.4, -0.2) is 24.8 Å². The predicted octanol–water partition coefficient (Wildman–Crippen LogP) is 1.85. The van der Waals surface area contributed by atoms with Crippen molar-refractivity contribution in [1.29, 1.82) is 0 Å². The summed E-state index contributed by atoms with van der Waals surface area (Å²) in [6.07, 6.45) is 2.94. The summed E-state index contributed by atoms with van der Waals surface area (Å²) >= 11 is 0. The molecule has 0 heterocycles. The molecule has 0 amide bonds. The average Bonchev–Trinajstić information content (AvgIpc) is 2.27. The fraction of sp³-hybridized carbons (Fsp3) is 0.250. The van der Waals surface area contributed by atoms with Crippen LogP contribution in [0.1, 0.15) is 5.56 Å². The first kappa shape index (κ1) is 12.3. The number of hydrogen-bond acceptors (Lipinski definition) is 3. The molecule has 0 radical (unpaired) electrons. The number of aliphatic carboxylic acids is 1. The molecule has 0 aliphatic rings. The van der Waals surface area contributed by atoms with E-state index in [4.69, 9.17) is 14.6 Å². The third kappa shape index (κ3) is 4.61. The largest absolute Gasteiger partial charge is 0.478 e. The van der Waals surface area contributed by atoms with Gasteiger partial charge in [0.1, 0.15) is 5.75 Å². The molecule has 1 N–H and O–H groups in total. The molecular formula is C12H14O4. The SMILES string of the molecule is COCCc1ccc(OC=CC(=O)O)cc1. The Kier molecular flexibility index (Phi) is 5.08. The van der Waals surface area contributed by atoms with E-state index >= 15 is 0 Å². The second-order valence-electron chi connectivity index (χ2n) is 3.15. The van der Waals surface area contributed by atoms with Gasteiger partial charge in [0.05, 0.1) is 18.9 Å². The molecule has 4 heteroatoms. The quantitative estimate of drug-likeness (QED) is 0.589. The highest BCUT2D eigenvalue weighted by Gasteiger charge is 1.94. The molecule has 0 spiro atoms. The number of carbonyl (C=O) groups is 1. The van der Waals surface area contributed by atoms with Gasteiger partial charge < -0.3 is 14.6 Å². The summed E-state index contributed by atoms with van der Waals surface area (Å²) < 4.78 is 10.0. The summed E-state index contributed by atoms with van der Waals surface area (Å²) in [7, 11) is 1.66. The highest BCUT2D eigenvalue weighted by atomic mass is 16.5. The van der Waals surface area contributed by atoms with Crippen molar-refractivity contribution in [3.8, 4) is 5.75 Å². The van der Waals surface area contributed by atoms with Gasteiger partial charge in [-0.1, -0.05) is 12.1 Å². The van der Waals surface area contributed by atoms with Gasteiger partial charge in [-0.2, -0.15) is 0 Å². The fourth-order valence-corrected chi connectivity index (χ4v) is 1.13. The summed E-state index contributed by atoms with van der Waals surface area (Å²) in [5.74, 6) is -0.421. The molecule has 0 saturated heterocycles. The molecular weight excluding hydrogens is 208 g/mol. The van der Waals surface area contributed by atoms with E-state index in [9.17, 15) is 4.79 Å². The van der Waals surface area contributed by atoms with Crippen LogP contribution in [0.15, 0.2) is 36.6 Å². The van der Waals surface area contributed by atoms with E-state index < -0.39 is 5.97 Å². The number of benzene rings is 1. The first-order chi connectivity index (χ1) is 7.72. The summed E-state index contributed by atoms with van der Waals surface area (Å²) in [6, 6.07) is 7.42. The lowest BCUT2D eigenvalue weighted by Gasteiger charge is -2.02. The topological polar surface area (TPSA) is 55.8 Å². The van der Waals surface area contributed by atoms with Gasteiger partial charge in [-0.15, -0.1) is 0 Å². The van der Waals surface area contributed by atoms with Gasteiger partial charge in [-0.25, -0.2) is 4.79 Å². The maximum Gasteiger partial charge on any atom is 0.331 e. The third-order valence-corrected chi connectivity index (χ3v) is 1.93. The second-order valence-corrected chi connectivity index (χ2v) is 3.15. The Morgan fingerprint density at radius 1 is 1.38 bits per heavy atom. The summed E-state index contributed by atoms with van der Waals surface area (Å²) in [4.78, 5) is 10.2. The minimum Gasteiger partial charge on any atom is -0.478 e. The van der Waals surface area contributed by atoms with Gasteiger partial charge >= 0.3 is 5.97 Å². The third-order valence-electron chi connectivity index (χ3n) is 1.93. The molecule has 4 nitrogen and oxygen atoms in total. The van der Waals surface area contributed by atoms with E-state index in [0.717, 1.165) is 24.3 Å². The monoisotopic (exact) mass is 222 g/mol. The highest BCUT2D eigenvalue weighted by molar-refractivity contribution is 5.79. The first-order valence-corrected chi connectivity index (χ1v) is 4.86. The molecule has 16 heavy (non-hydrogen) atoms. The molecule has 1 rings (SSSR count). The Balaban J connectivity index is 2.48. The van der Waals surface area contributed by atoms with Gasteiger partial charge in [0.2, 0.25) is 0 Å². The van der Waals surface area contributed by atoms with Crippen LogP contribution in [0, 0.1) is 0 Å². The lowest BCUT2D eigenvalue weighted by Crippen LogP contribution is -1.94. The van der Waals surface area contributed by atoms with Crippen molar-refractivity contribution in [3.05, 3.63) is 42.2 Å². The summed E-state index contributed by atoms with van der Waals surface area (Å²) in [6.45, 7) is 0.680. The van der Waals surface area contributed by atoms with Gasteiger partial charge in [-0.3, -0.25) is 0 Å². The molecule has 1 aromatic carbocycles. The summed E-state index contributed by atoms with van der Waals surface area (Å²) in [5.41, 5.74) is 1.15. The predicted molar refractivity (Wildman–Crippen MR) is 59.4 cm³/mol. The zero-order valence-corrected chi connectivity index (χ0v) is 9.05. The number of carboxylic acid groups (broad SMARTS) is 1. The molecule has 0 aliphatic heterocycles. The van der Waals surface area contributed by atoms with Crippen LogP contribution in [0.4, 0.5) is 0 Å². The Morgan fingerprint density at radius 2 is 2.06 bits per heavy atom. The maximum atomic E-state index is 10.2. The molecule has 1 aromatic rings. The summed E-state index contributed by atoms with van der Waals surface area (Å²) in [5, 5.41) is 8.35. The van der Waals surface area contributed by atoms with Crippen LogP contribution in [0.3, 0.4) is 0 Å². The Bertz CT molecular complexity index is 354. The van der Waals surface area contributed by atoms with Crippen LogP contribution in [0.5, 0.6) is 5.75 Å². The number of rotatable bonds is 6. The Labute approximate surface area is 94.1 Å². The Morgan fingerprint density at radius 3 is 2.62 bits per heavy atom. The zero-order chi connectivity index (χ0) is 11.8. The van der Waals surface area contributed by atoms with Crippen molar-refractivity contribution in [2.75, 3.05) is 13.7 Å². The zero-order valence-electron chi connectivity index (χ0n) is 9.05. The van der Waals surface area contributed by atoms with Crippen molar-refractivity contribution >= 4 is 5.97 Å².